The lowest BCUT2D eigenvalue weighted by molar-refractivity contribution is 0.129. The molecule has 2 rings (SSSR count). The molecule has 1 atom stereocenters. The highest BCUT2D eigenvalue weighted by Gasteiger charge is 2.20. The van der Waals surface area contributed by atoms with Gasteiger partial charge in [-0.3, -0.25) is 0 Å². The van der Waals surface area contributed by atoms with Crippen LogP contribution in [0.3, 0.4) is 0 Å². The van der Waals surface area contributed by atoms with Gasteiger partial charge in [-0.15, -0.1) is 0 Å². The van der Waals surface area contributed by atoms with Gasteiger partial charge in [0.15, 0.2) is 0 Å². The van der Waals surface area contributed by atoms with E-state index in [1.165, 1.54) is 5.39 Å². The fourth-order valence-electron chi connectivity index (χ4n) is 2.88. The SMILES string of the molecule is CC(O)CC(C)(C)CNC(=O)NCc1cccc2ccccc12. The van der Waals surface area contributed by atoms with E-state index in [1.54, 1.807) is 6.92 Å². The molecule has 0 fully saturated rings. The summed E-state index contributed by atoms with van der Waals surface area (Å²) in [5.41, 5.74) is 0.965. The predicted octanol–water partition coefficient (Wildman–Crippen LogP) is 3.44. The number of fused-ring (bicyclic) bond motifs is 1. The molecule has 0 spiro atoms. The minimum absolute atomic E-state index is 0.134. The molecule has 0 saturated carbocycles. The van der Waals surface area contributed by atoms with Crippen LogP contribution in [0.4, 0.5) is 4.79 Å². The Balaban J connectivity index is 1.89. The molecule has 0 aromatic heterocycles. The Morgan fingerprint density at radius 3 is 2.57 bits per heavy atom. The normalized spacial score (nSPS) is 12.9. The van der Waals surface area contributed by atoms with Crippen molar-refractivity contribution in [3.05, 3.63) is 48.0 Å². The molecule has 3 N–H and O–H groups in total. The van der Waals surface area contributed by atoms with E-state index in [0.717, 1.165) is 10.9 Å². The van der Waals surface area contributed by atoms with E-state index in [4.69, 9.17) is 0 Å². The van der Waals surface area contributed by atoms with Crippen molar-refractivity contribution in [1.82, 2.24) is 10.6 Å². The van der Waals surface area contributed by atoms with E-state index < -0.39 is 0 Å². The smallest absolute Gasteiger partial charge is 0.315 e. The molecule has 0 radical (unpaired) electrons. The lowest BCUT2D eigenvalue weighted by Gasteiger charge is -2.26. The largest absolute Gasteiger partial charge is 0.393 e. The highest BCUT2D eigenvalue weighted by Crippen LogP contribution is 2.21. The Morgan fingerprint density at radius 2 is 1.83 bits per heavy atom. The third kappa shape index (κ3) is 5.25. The number of hydrogen-bond donors (Lipinski definition) is 3. The van der Waals surface area contributed by atoms with Gasteiger partial charge in [0.2, 0.25) is 0 Å². The fourth-order valence-corrected chi connectivity index (χ4v) is 2.88. The van der Waals surface area contributed by atoms with Crippen LogP contribution < -0.4 is 10.6 Å². The number of hydrogen-bond acceptors (Lipinski definition) is 2. The molecule has 124 valence electrons. The summed E-state index contributed by atoms with van der Waals surface area (Å²) in [5.74, 6) is 0. The van der Waals surface area contributed by atoms with E-state index in [9.17, 15) is 9.90 Å². The molecule has 4 nitrogen and oxygen atoms in total. The lowest BCUT2D eigenvalue weighted by atomic mass is 9.87. The van der Waals surface area contributed by atoms with Crippen LogP contribution in [0, 0.1) is 5.41 Å². The first-order chi connectivity index (χ1) is 10.9. The van der Waals surface area contributed by atoms with Crippen molar-refractivity contribution in [2.75, 3.05) is 6.54 Å². The maximum atomic E-state index is 12.0. The van der Waals surface area contributed by atoms with Gasteiger partial charge in [0.05, 0.1) is 6.10 Å². The lowest BCUT2D eigenvalue weighted by Crippen LogP contribution is -2.41. The molecule has 23 heavy (non-hydrogen) atoms. The second-order valence-corrected chi connectivity index (χ2v) is 6.89. The van der Waals surface area contributed by atoms with Gasteiger partial charge in [-0.2, -0.15) is 0 Å². The molecule has 1 unspecified atom stereocenters. The number of urea groups is 1. The summed E-state index contributed by atoms with van der Waals surface area (Å²) in [5, 5.41) is 17.6. The van der Waals surface area contributed by atoms with E-state index in [-0.39, 0.29) is 17.6 Å². The first-order valence-corrected chi connectivity index (χ1v) is 8.04. The third-order valence-electron chi connectivity index (χ3n) is 3.89. The first kappa shape index (κ1) is 17.3. The number of carbonyl (C=O) groups excluding carboxylic acids is 1. The van der Waals surface area contributed by atoms with Crippen molar-refractivity contribution >= 4 is 16.8 Å². The zero-order valence-electron chi connectivity index (χ0n) is 14.1. The Hall–Kier alpha value is -2.07. The summed E-state index contributed by atoms with van der Waals surface area (Å²) in [6.45, 7) is 6.85. The number of aliphatic hydroxyl groups excluding tert-OH is 1. The fraction of sp³-hybridized carbons (Fsp3) is 0.421. The van der Waals surface area contributed by atoms with Crippen LogP contribution in [0.5, 0.6) is 0 Å². The molecule has 2 amide bonds. The van der Waals surface area contributed by atoms with Crippen molar-refractivity contribution in [2.24, 2.45) is 5.41 Å². The number of aliphatic hydroxyl groups is 1. The Bertz CT molecular complexity index is 660. The predicted molar refractivity (Wildman–Crippen MR) is 94.3 cm³/mol. The number of nitrogens with one attached hydrogen (secondary N) is 2. The summed E-state index contributed by atoms with van der Waals surface area (Å²) in [7, 11) is 0. The molecule has 2 aromatic rings. The molecule has 0 aliphatic carbocycles. The van der Waals surface area contributed by atoms with Crippen LogP contribution in [0.15, 0.2) is 42.5 Å². The number of amides is 2. The molecule has 4 heteroatoms. The first-order valence-electron chi connectivity index (χ1n) is 8.04. The summed E-state index contributed by atoms with van der Waals surface area (Å²) in [6.07, 6.45) is 0.280. The van der Waals surface area contributed by atoms with E-state index in [0.29, 0.717) is 19.5 Å². The van der Waals surface area contributed by atoms with Gasteiger partial charge in [0.25, 0.3) is 0 Å². The van der Waals surface area contributed by atoms with Gasteiger partial charge < -0.3 is 15.7 Å². The van der Waals surface area contributed by atoms with Gasteiger partial charge in [0, 0.05) is 13.1 Å². The van der Waals surface area contributed by atoms with Crippen molar-refractivity contribution in [1.29, 1.82) is 0 Å². The van der Waals surface area contributed by atoms with Gasteiger partial charge in [-0.1, -0.05) is 56.3 Å². The zero-order valence-corrected chi connectivity index (χ0v) is 14.1. The Morgan fingerprint density at radius 1 is 1.13 bits per heavy atom. The molecule has 0 saturated heterocycles. The monoisotopic (exact) mass is 314 g/mol. The van der Waals surface area contributed by atoms with Crippen molar-refractivity contribution in [2.45, 2.75) is 39.8 Å². The summed E-state index contributed by atoms with van der Waals surface area (Å²) < 4.78 is 0. The highest BCUT2D eigenvalue weighted by molar-refractivity contribution is 5.86. The Kier molecular flexibility index (Phi) is 5.61. The zero-order chi connectivity index (χ0) is 16.9. The standard InChI is InChI=1S/C19H26N2O2/c1-14(22)11-19(2,3)13-21-18(23)20-12-16-9-6-8-15-7-4-5-10-17(15)16/h4-10,14,22H,11-13H2,1-3H3,(H2,20,21,23). The molecule has 2 aromatic carbocycles. The average Bonchev–Trinajstić information content (AvgIpc) is 2.49. The van der Waals surface area contributed by atoms with Gasteiger partial charge in [0.1, 0.15) is 0 Å². The van der Waals surface area contributed by atoms with E-state index >= 15 is 0 Å². The molecule has 0 aliphatic heterocycles. The van der Waals surface area contributed by atoms with Crippen LogP contribution >= 0.6 is 0 Å². The van der Waals surface area contributed by atoms with E-state index in [1.807, 2.05) is 38.1 Å². The Labute approximate surface area is 137 Å². The summed E-state index contributed by atoms with van der Waals surface area (Å²) >= 11 is 0. The van der Waals surface area contributed by atoms with Crippen LogP contribution in [-0.2, 0) is 6.54 Å². The quantitative estimate of drug-likeness (QED) is 0.765. The number of carbonyl (C=O) groups is 1. The molecular formula is C19H26N2O2. The van der Waals surface area contributed by atoms with E-state index in [2.05, 4.69) is 28.8 Å². The van der Waals surface area contributed by atoms with Crippen molar-refractivity contribution < 1.29 is 9.90 Å². The minimum atomic E-state index is -0.370. The maximum Gasteiger partial charge on any atom is 0.315 e. The molecule has 0 heterocycles. The van der Waals surface area contributed by atoms with Gasteiger partial charge >= 0.3 is 6.03 Å². The topological polar surface area (TPSA) is 61.4 Å². The van der Waals surface area contributed by atoms with Crippen molar-refractivity contribution in [3.8, 4) is 0 Å². The number of rotatable bonds is 6. The van der Waals surface area contributed by atoms with Gasteiger partial charge in [-0.25, -0.2) is 4.79 Å². The van der Waals surface area contributed by atoms with Crippen LogP contribution in [0.25, 0.3) is 10.8 Å². The average molecular weight is 314 g/mol. The summed E-state index contributed by atoms with van der Waals surface area (Å²) in [6, 6.07) is 14.1. The molecule has 0 aliphatic rings. The highest BCUT2D eigenvalue weighted by atomic mass is 16.3. The molecule has 0 bridgehead atoms. The van der Waals surface area contributed by atoms with Crippen molar-refractivity contribution in [3.63, 3.8) is 0 Å². The summed E-state index contributed by atoms with van der Waals surface area (Å²) in [4.78, 5) is 12.0. The van der Waals surface area contributed by atoms with Crippen LogP contribution in [-0.4, -0.2) is 23.8 Å². The molecular weight excluding hydrogens is 288 g/mol. The van der Waals surface area contributed by atoms with Crippen LogP contribution in [0.1, 0.15) is 32.8 Å². The second kappa shape index (κ2) is 7.47. The van der Waals surface area contributed by atoms with Gasteiger partial charge in [-0.05, 0) is 35.1 Å². The minimum Gasteiger partial charge on any atom is -0.393 e. The third-order valence-corrected chi connectivity index (χ3v) is 3.89. The van der Waals surface area contributed by atoms with Crippen LogP contribution in [0.2, 0.25) is 0 Å². The second-order valence-electron chi connectivity index (χ2n) is 6.89. The maximum absolute atomic E-state index is 12.0. The number of benzene rings is 2.